The molecule has 10 aromatic rings. The fourth-order valence-electron chi connectivity index (χ4n) is 8.11. The molecule has 56 heavy (non-hydrogen) atoms. The summed E-state index contributed by atoms with van der Waals surface area (Å²) in [4.78, 5) is 10.4. The molecule has 1 N–H and O–H groups in total. The maximum atomic E-state index is 5.27. The molecule has 2 aromatic heterocycles. The first kappa shape index (κ1) is 32.7. The second-order valence-electron chi connectivity index (χ2n) is 14.1. The van der Waals surface area contributed by atoms with Crippen molar-refractivity contribution < 1.29 is 0 Å². The second-order valence-corrected chi connectivity index (χ2v) is 16.3. The van der Waals surface area contributed by atoms with Gasteiger partial charge in [0.15, 0.2) is 5.84 Å². The smallest absolute Gasteiger partial charge is 0.159 e. The van der Waals surface area contributed by atoms with Crippen molar-refractivity contribution in [2.45, 2.75) is 6.17 Å². The summed E-state index contributed by atoms with van der Waals surface area (Å²) < 4.78 is 5.14. The van der Waals surface area contributed by atoms with Gasteiger partial charge in [0.25, 0.3) is 0 Å². The van der Waals surface area contributed by atoms with Gasteiger partial charge in [-0.05, 0) is 57.6 Å². The minimum absolute atomic E-state index is 0.299. The maximum Gasteiger partial charge on any atom is 0.159 e. The van der Waals surface area contributed by atoms with E-state index in [-0.39, 0.29) is 6.17 Å². The molecule has 0 saturated heterocycles. The molecule has 0 saturated carbocycles. The average Bonchev–Trinajstić information content (AvgIpc) is 3.85. The van der Waals surface area contributed by atoms with E-state index in [1.54, 1.807) is 0 Å². The molecular weight excluding hydrogens is 719 g/mol. The van der Waals surface area contributed by atoms with Gasteiger partial charge in [-0.2, -0.15) is 0 Å². The third-order valence-corrected chi connectivity index (χ3v) is 13.1. The molecule has 0 fully saturated rings. The molecule has 0 radical (unpaired) electrons. The Labute approximate surface area is 332 Å². The third-order valence-electron chi connectivity index (χ3n) is 10.8. The summed E-state index contributed by atoms with van der Waals surface area (Å²) in [5.74, 6) is 1.54. The van der Waals surface area contributed by atoms with Crippen LogP contribution in [0.15, 0.2) is 198 Å². The van der Waals surface area contributed by atoms with Crippen LogP contribution in [-0.4, -0.2) is 11.7 Å². The van der Waals surface area contributed by atoms with Gasteiger partial charge in [0, 0.05) is 57.0 Å². The topological polar surface area (TPSA) is 36.8 Å². The monoisotopic (exact) mass is 751 g/mol. The van der Waals surface area contributed by atoms with Crippen LogP contribution in [0, 0.1) is 0 Å². The molecule has 8 aromatic carbocycles. The number of thiophene rings is 2. The van der Waals surface area contributed by atoms with E-state index in [9.17, 15) is 0 Å². The Kier molecular flexibility index (Phi) is 7.94. The minimum Gasteiger partial charge on any atom is -0.344 e. The quantitative estimate of drug-likeness (QED) is 0.180. The molecule has 3 heterocycles. The summed E-state index contributed by atoms with van der Waals surface area (Å²) in [6, 6.07) is 67.4. The predicted molar refractivity (Wildman–Crippen MR) is 240 cm³/mol. The number of nitrogens with zero attached hydrogens (tertiary/aromatic N) is 2. The fourth-order valence-corrected chi connectivity index (χ4v) is 10.5. The van der Waals surface area contributed by atoms with Gasteiger partial charge in [-0.15, -0.1) is 22.7 Å². The lowest BCUT2D eigenvalue weighted by Crippen LogP contribution is -2.33. The van der Waals surface area contributed by atoms with Crippen molar-refractivity contribution in [3.8, 4) is 33.4 Å². The summed E-state index contributed by atoms with van der Waals surface area (Å²) in [5, 5.41) is 8.80. The van der Waals surface area contributed by atoms with E-state index in [1.165, 1.54) is 68.2 Å². The van der Waals surface area contributed by atoms with Gasteiger partial charge in [-0.3, -0.25) is 0 Å². The number of hydrogen-bond acceptors (Lipinski definition) is 5. The Morgan fingerprint density at radius 3 is 1.91 bits per heavy atom. The number of amidine groups is 2. The number of nitrogens with one attached hydrogen (secondary N) is 1. The van der Waals surface area contributed by atoms with Crippen molar-refractivity contribution in [2.75, 3.05) is 0 Å². The molecule has 5 heteroatoms. The number of hydrogen-bond donors (Lipinski definition) is 1. The largest absolute Gasteiger partial charge is 0.344 e. The molecule has 0 amide bonds. The van der Waals surface area contributed by atoms with Crippen molar-refractivity contribution in [3.63, 3.8) is 0 Å². The zero-order chi connectivity index (χ0) is 37.0. The molecule has 3 nitrogen and oxygen atoms in total. The highest BCUT2D eigenvalue weighted by molar-refractivity contribution is 7.26. The van der Waals surface area contributed by atoms with Crippen molar-refractivity contribution in [1.29, 1.82) is 0 Å². The van der Waals surface area contributed by atoms with E-state index < -0.39 is 0 Å². The number of aliphatic imine (C=N–C) groups is 2. The van der Waals surface area contributed by atoms with E-state index >= 15 is 0 Å². The predicted octanol–water partition coefficient (Wildman–Crippen LogP) is 13.9. The van der Waals surface area contributed by atoms with Gasteiger partial charge in [-0.1, -0.05) is 164 Å². The normalized spacial score (nSPS) is 14.2. The lowest BCUT2D eigenvalue weighted by atomic mass is 9.91. The molecule has 0 aliphatic carbocycles. The van der Waals surface area contributed by atoms with Crippen LogP contribution in [0.5, 0.6) is 0 Å². The van der Waals surface area contributed by atoms with E-state index in [1.807, 2.05) is 28.7 Å². The lowest BCUT2D eigenvalue weighted by Gasteiger charge is -2.24. The highest BCUT2D eigenvalue weighted by atomic mass is 32.1. The van der Waals surface area contributed by atoms with Crippen LogP contribution in [0.1, 0.15) is 22.9 Å². The molecule has 1 unspecified atom stereocenters. The zero-order valence-corrected chi connectivity index (χ0v) is 31.8. The van der Waals surface area contributed by atoms with Crippen molar-refractivity contribution in [3.05, 3.63) is 205 Å². The zero-order valence-electron chi connectivity index (χ0n) is 30.2. The first-order valence-corrected chi connectivity index (χ1v) is 20.5. The average molecular weight is 752 g/mol. The van der Waals surface area contributed by atoms with Crippen LogP contribution in [0.3, 0.4) is 0 Å². The van der Waals surface area contributed by atoms with Gasteiger partial charge in [-0.25, -0.2) is 9.98 Å². The second kappa shape index (κ2) is 13.6. The molecule has 264 valence electrons. The van der Waals surface area contributed by atoms with Crippen LogP contribution in [0.2, 0.25) is 0 Å². The number of fused-ring (bicyclic) bond motifs is 6. The van der Waals surface area contributed by atoms with Gasteiger partial charge >= 0.3 is 0 Å². The van der Waals surface area contributed by atoms with Crippen LogP contribution in [0.4, 0.5) is 0 Å². The molecular formula is C51H33N3S2. The highest BCUT2D eigenvalue weighted by Gasteiger charge is 2.23. The van der Waals surface area contributed by atoms with Crippen LogP contribution < -0.4 is 5.32 Å². The number of rotatable bonds is 6. The molecule has 1 aliphatic heterocycles. The summed E-state index contributed by atoms with van der Waals surface area (Å²) in [5.41, 5.74) is 10.5. The van der Waals surface area contributed by atoms with Crippen molar-refractivity contribution >= 4 is 74.7 Å². The van der Waals surface area contributed by atoms with Crippen LogP contribution in [-0.2, 0) is 0 Å². The Morgan fingerprint density at radius 2 is 1.05 bits per heavy atom. The number of benzene rings is 8. The molecule has 1 atom stereocenters. The van der Waals surface area contributed by atoms with Crippen molar-refractivity contribution in [1.82, 2.24) is 5.32 Å². The van der Waals surface area contributed by atoms with E-state index in [2.05, 4.69) is 187 Å². The van der Waals surface area contributed by atoms with Crippen LogP contribution in [0.25, 0.3) is 73.7 Å². The summed E-state index contributed by atoms with van der Waals surface area (Å²) in [7, 11) is 0. The molecule has 1 aliphatic rings. The Bertz CT molecular complexity index is 3170. The van der Waals surface area contributed by atoms with E-state index in [0.717, 1.165) is 33.9 Å². The van der Waals surface area contributed by atoms with E-state index in [0.29, 0.717) is 0 Å². The third kappa shape index (κ3) is 5.63. The first-order valence-electron chi connectivity index (χ1n) is 18.8. The molecule has 11 rings (SSSR count). The van der Waals surface area contributed by atoms with Gasteiger partial charge in [0.05, 0.1) is 0 Å². The Morgan fingerprint density at radius 1 is 0.411 bits per heavy atom. The van der Waals surface area contributed by atoms with Gasteiger partial charge in [0.1, 0.15) is 12.0 Å². The first-order chi connectivity index (χ1) is 27.7. The Hall–Kier alpha value is -6.66. The summed E-state index contributed by atoms with van der Waals surface area (Å²) in [6.45, 7) is 0. The summed E-state index contributed by atoms with van der Waals surface area (Å²) in [6.07, 6.45) is -0.299. The van der Waals surface area contributed by atoms with Crippen LogP contribution >= 0.6 is 22.7 Å². The highest BCUT2D eigenvalue weighted by Crippen LogP contribution is 2.46. The Balaban J connectivity index is 1.03. The summed E-state index contributed by atoms with van der Waals surface area (Å²) >= 11 is 3.72. The minimum atomic E-state index is -0.299. The lowest BCUT2D eigenvalue weighted by molar-refractivity contribution is 0.674. The standard InChI is InChI=1S/C51H33N3S2/c1-3-14-32(15-4-1)34-18-11-19-35(30-34)50-52-49(33-16-5-2-6-17-33)53-51(54-50)36-28-29-39-42-25-12-24-41(48(42)56-46(39)31-36)38-21-8-7-20-37(38)40-23-13-27-45-47(40)43-22-9-10-26-44(43)55-45/h1-31,50H,(H,52,53,54). The molecule has 0 bridgehead atoms. The van der Waals surface area contributed by atoms with Gasteiger partial charge < -0.3 is 5.32 Å². The fraction of sp³-hybridized carbons (Fsp3) is 0.0196. The maximum absolute atomic E-state index is 5.27. The SMILES string of the molecule is c1ccc(C2=NC(c3ccc4c(c3)sc3c(-c5ccccc5-c5cccc6sc7ccccc7c56)cccc34)=NC(c3cccc(-c4ccccc4)c3)N2)cc1. The van der Waals surface area contributed by atoms with Gasteiger partial charge in [0.2, 0.25) is 0 Å². The van der Waals surface area contributed by atoms with E-state index in [4.69, 9.17) is 9.98 Å². The van der Waals surface area contributed by atoms with Crippen molar-refractivity contribution in [2.24, 2.45) is 9.98 Å². The molecule has 0 spiro atoms.